The maximum absolute atomic E-state index is 5.67. The third-order valence-electron chi connectivity index (χ3n) is 3.14. The van der Waals surface area contributed by atoms with Gasteiger partial charge in [0.1, 0.15) is 0 Å². The molecule has 15 heavy (non-hydrogen) atoms. The van der Waals surface area contributed by atoms with Gasteiger partial charge in [0.25, 0.3) is 0 Å². The van der Waals surface area contributed by atoms with E-state index >= 15 is 0 Å². The van der Waals surface area contributed by atoms with Crippen LogP contribution >= 0.6 is 11.3 Å². The Morgan fingerprint density at radius 1 is 1.60 bits per heavy atom. The maximum atomic E-state index is 5.67. The lowest BCUT2D eigenvalue weighted by Gasteiger charge is -2.34. The largest absolute Gasteiger partial charge is 0.375 e. The first-order chi connectivity index (χ1) is 7.16. The van der Waals surface area contributed by atoms with Crippen LogP contribution in [0.4, 0.5) is 5.13 Å². The number of nitrogens with zero attached hydrogens (tertiary/aromatic N) is 2. The number of nitrogens with two attached hydrogens (primary N) is 1. The highest BCUT2D eigenvalue weighted by Gasteiger charge is 2.24. The molecule has 1 aliphatic heterocycles. The van der Waals surface area contributed by atoms with E-state index in [4.69, 9.17) is 5.73 Å². The zero-order valence-corrected chi connectivity index (χ0v) is 10.3. The molecule has 1 atom stereocenters. The molecule has 0 aromatic carbocycles. The summed E-state index contributed by atoms with van der Waals surface area (Å²) in [5.74, 6) is 0.592. The molecule has 1 aliphatic rings. The summed E-state index contributed by atoms with van der Waals surface area (Å²) in [4.78, 5) is 6.93. The highest BCUT2D eigenvalue weighted by molar-refractivity contribution is 7.13. The van der Waals surface area contributed by atoms with Crippen molar-refractivity contribution in [2.75, 3.05) is 18.8 Å². The molecule has 0 radical (unpaired) electrons. The second kappa shape index (κ2) is 4.49. The van der Waals surface area contributed by atoms with E-state index in [1.54, 1.807) is 11.3 Å². The van der Waals surface area contributed by atoms with Gasteiger partial charge >= 0.3 is 0 Å². The van der Waals surface area contributed by atoms with Gasteiger partial charge in [0.05, 0.1) is 5.69 Å². The summed E-state index contributed by atoms with van der Waals surface area (Å²) in [6.45, 7) is 6.89. The molecule has 3 nitrogen and oxygen atoms in total. The molecular formula is C11H19N3S. The maximum Gasteiger partial charge on any atom is 0.180 e. The lowest BCUT2D eigenvalue weighted by Crippen LogP contribution is -2.39. The first-order valence-electron chi connectivity index (χ1n) is 5.61. The number of thiazole rings is 1. The second-order valence-corrected chi connectivity index (χ2v) is 5.43. The van der Waals surface area contributed by atoms with Crippen LogP contribution in [0.2, 0.25) is 0 Å². The van der Waals surface area contributed by atoms with Gasteiger partial charge in [-0.2, -0.15) is 0 Å². The smallest absolute Gasteiger partial charge is 0.180 e. The van der Waals surface area contributed by atoms with Crippen LogP contribution < -0.4 is 5.73 Å². The summed E-state index contributed by atoms with van der Waals surface area (Å²) in [7, 11) is 0. The molecule has 1 fully saturated rings. The SMILES string of the molecule is CC(C)N1CCCC(c2csc(N)n2)C1. The predicted molar refractivity (Wildman–Crippen MR) is 65.2 cm³/mol. The van der Waals surface area contributed by atoms with E-state index in [2.05, 4.69) is 29.1 Å². The Labute approximate surface area is 95.3 Å². The van der Waals surface area contributed by atoms with Crippen LogP contribution in [0, 0.1) is 0 Å². The van der Waals surface area contributed by atoms with E-state index in [0.29, 0.717) is 17.1 Å². The number of piperidine rings is 1. The molecule has 2 heterocycles. The average molecular weight is 225 g/mol. The van der Waals surface area contributed by atoms with Crippen LogP contribution in [0.3, 0.4) is 0 Å². The third-order valence-corrected chi connectivity index (χ3v) is 3.83. The Morgan fingerprint density at radius 3 is 3.00 bits per heavy atom. The lowest BCUT2D eigenvalue weighted by molar-refractivity contribution is 0.166. The van der Waals surface area contributed by atoms with Crippen molar-refractivity contribution in [1.82, 2.24) is 9.88 Å². The second-order valence-electron chi connectivity index (χ2n) is 4.54. The Hall–Kier alpha value is -0.610. The van der Waals surface area contributed by atoms with E-state index < -0.39 is 0 Å². The van der Waals surface area contributed by atoms with Gasteiger partial charge in [-0.05, 0) is 33.2 Å². The van der Waals surface area contributed by atoms with Crippen molar-refractivity contribution < 1.29 is 0 Å². The van der Waals surface area contributed by atoms with Gasteiger partial charge in [0, 0.05) is 23.9 Å². The predicted octanol–water partition coefficient (Wildman–Crippen LogP) is 2.31. The Balaban J connectivity index is 2.04. The van der Waals surface area contributed by atoms with Gasteiger partial charge in [0.15, 0.2) is 5.13 Å². The molecule has 2 rings (SSSR count). The summed E-state index contributed by atoms with van der Waals surface area (Å²) in [5, 5.41) is 2.82. The van der Waals surface area contributed by atoms with Gasteiger partial charge < -0.3 is 10.6 Å². The Kier molecular flexibility index (Phi) is 3.26. The van der Waals surface area contributed by atoms with E-state index in [1.807, 2.05) is 0 Å². The monoisotopic (exact) mass is 225 g/mol. The molecule has 1 aromatic rings. The van der Waals surface area contributed by atoms with Crippen LogP contribution in [-0.4, -0.2) is 29.0 Å². The topological polar surface area (TPSA) is 42.1 Å². The minimum atomic E-state index is 0.592. The minimum absolute atomic E-state index is 0.592. The van der Waals surface area contributed by atoms with Crippen LogP contribution in [0.25, 0.3) is 0 Å². The van der Waals surface area contributed by atoms with Gasteiger partial charge in [-0.3, -0.25) is 0 Å². The lowest BCUT2D eigenvalue weighted by atomic mass is 9.95. The average Bonchev–Trinajstić information content (AvgIpc) is 2.65. The van der Waals surface area contributed by atoms with Gasteiger partial charge in [-0.15, -0.1) is 11.3 Å². The van der Waals surface area contributed by atoms with Gasteiger partial charge in [-0.25, -0.2) is 4.98 Å². The van der Waals surface area contributed by atoms with Crippen molar-refractivity contribution >= 4 is 16.5 Å². The van der Waals surface area contributed by atoms with Crippen molar-refractivity contribution in [3.05, 3.63) is 11.1 Å². The van der Waals surface area contributed by atoms with Crippen molar-refractivity contribution in [2.24, 2.45) is 0 Å². The highest BCUT2D eigenvalue weighted by Crippen LogP contribution is 2.29. The third kappa shape index (κ3) is 2.49. The molecule has 1 aromatic heterocycles. The van der Waals surface area contributed by atoms with Crippen molar-refractivity contribution in [1.29, 1.82) is 0 Å². The highest BCUT2D eigenvalue weighted by atomic mass is 32.1. The molecule has 0 amide bonds. The molecule has 0 saturated carbocycles. The fourth-order valence-corrected chi connectivity index (χ4v) is 2.85. The first kappa shape index (κ1) is 10.9. The van der Waals surface area contributed by atoms with Gasteiger partial charge in [-0.1, -0.05) is 0 Å². The van der Waals surface area contributed by atoms with E-state index in [1.165, 1.54) is 25.1 Å². The number of rotatable bonds is 2. The van der Waals surface area contributed by atoms with Crippen molar-refractivity contribution in [2.45, 2.75) is 38.6 Å². The molecule has 0 aliphatic carbocycles. The van der Waals surface area contributed by atoms with E-state index in [-0.39, 0.29) is 0 Å². The summed E-state index contributed by atoms with van der Waals surface area (Å²) in [6, 6.07) is 0.642. The number of hydrogen-bond donors (Lipinski definition) is 1. The zero-order valence-electron chi connectivity index (χ0n) is 9.44. The Morgan fingerprint density at radius 2 is 2.40 bits per heavy atom. The van der Waals surface area contributed by atoms with Crippen LogP contribution in [0.5, 0.6) is 0 Å². The normalized spacial score (nSPS) is 23.5. The molecule has 84 valence electrons. The number of nitrogen functional groups attached to an aromatic ring is 1. The number of aromatic nitrogens is 1. The quantitative estimate of drug-likeness (QED) is 0.840. The van der Waals surface area contributed by atoms with Crippen LogP contribution in [0.15, 0.2) is 5.38 Å². The van der Waals surface area contributed by atoms with Gasteiger partial charge in [0.2, 0.25) is 0 Å². The Bertz CT molecular complexity index is 321. The zero-order chi connectivity index (χ0) is 10.8. The molecular weight excluding hydrogens is 206 g/mol. The van der Waals surface area contributed by atoms with E-state index in [0.717, 1.165) is 6.54 Å². The summed E-state index contributed by atoms with van der Waals surface area (Å²) in [5.41, 5.74) is 6.87. The molecule has 1 unspecified atom stereocenters. The summed E-state index contributed by atoms with van der Waals surface area (Å²) in [6.07, 6.45) is 2.53. The van der Waals surface area contributed by atoms with E-state index in [9.17, 15) is 0 Å². The van der Waals surface area contributed by atoms with Crippen LogP contribution in [-0.2, 0) is 0 Å². The van der Waals surface area contributed by atoms with Crippen molar-refractivity contribution in [3.8, 4) is 0 Å². The molecule has 4 heteroatoms. The number of hydrogen-bond acceptors (Lipinski definition) is 4. The fourth-order valence-electron chi connectivity index (χ4n) is 2.21. The molecule has 2 N–H and O–H groups in total. The fraction of sp³-hybridized carbons (Fsp3) is 0.727. The summed E-state index contributed by atoms with van der Waals surface area (Å²) < 4.78 is 0. The first-order valence-corrected chi connectivity index (χ1v) is 6.49. The standard InChI is InChI=1S/C11H19N3S/c1-8(2)14-5-3-4-9(6-14)10-7-15-11(12)13-10/h7-9H,3-6H2,1-2H3,(H2,12,13). The summed E-state index contributed by atoms with van der Waals surface area (Å²) >= 11 is 1.56. The number of anilines is 1. The minimum Gasteiger partial charge on any atom is -0.375 e. The molecule has 0 bridgehead atoms. The van der Waals surface area contributed by atoms with Crippen molar-refractivity contribution in [3.63, 3.8) is 0 Å². The van der Waals surface area contributed by atoms with Crippen LogP contribution in [0.1, 0.15) is 38.3 Å². The molecule has 0 spiro atoms. The number of likely N-dealkylation sites (tertiary alicyclic amines) is 1. The molecule has 1 saturated heterocycles.